The van der Waals surface area contributed by atoms with Crippen molar-refractivity contribution in [2.75, 3.05) is 0 Å². The van der Waals surface area contributed by atoms with E-state index in [2.05, 4.69) is 23.8 Å². The summed E-state index contributed by atoms with van der Waals surface area (Å²) in [6.45, 7) is 4.40. The second-order valence-electron chi connectivity index (χ2n) is 8.57. The Morgan fingerprint density at radius 3 is 1.79 bits per heavy atom. The highest BCUT2D eigenvalue weighted by Crippen LogP contribution is 2.42. The quantitative estimate of drug-likeness (QED) is 0.627. The van der Waals surface area contributed by atoms with Crippen molar-refractivity contribution in [2.24, 2.45) is 23.7 Å². The van der Waals surface area contributed by atoms with Crippen molar-refractivity contribution in [3.8, 4) is 0 Å². The van der Waals surface area contributed by atoms with Gasteiger partial charge in [0.2, 0.25) is 0 Å². The van der Waals surface area contributed by atoms with Crippen LogP contribution in [0.2, 0.25) is 0 Å². The van der Waals surface area contributed by atoms with Crippen LogP contribution in [-0.4, -0.2) is 9.97 Å². The lowest BCUT2D eigenvalue weighted by Crippen LogP contribution is -2.26. The first kappa shape index (κ1) is 17.9. The highest BCUT2D eigenvalue weighted by molar-refractivity contribution is 5.02. The van der Waals surface area contributed by atoms with Crippen molar-refractivity contribution in [3.05, 3.63) is 23.8 Å². The average molecular weight is 329 g/mol. The third-order valence-corrected chi connectivity index (χ3v) is 6.76. The van der Waals surface area contributed by atoms with Crippen LogP contribution >= 0.6 is 0 Å². The summed E-state index contributed by atoms with van der Waals surface area (Å²) in [5, 5.41) is 0. The summed E-state index contributed by atoms with van der Waals surface area (Å²) < 4.78 is 0. The molecule has 1 aromatic rings. The Labute approximate surface area is 148 Å². The Kier molecular flexibility index (Phi) is 6.68. The van der Waals surface area contributed by atoms with Crippen LogP contribution in [0.15, 0.2) is 12.4 Å². The van der Waals surface area contributed by atoms with Crippen molar-refractivity contribution in [1.29, 1.82) is 0 Å². The predicted molar refractivity (Wildman–Crippen MR) is 101 cm³/mol. The van der Waals surface area contributed by atoms with Crippen molar-refractivity contribution in [2.45, 2.75) is 90.9 Å². The Morgan fingerprint density at radius 2 is 1.29 bits per heavy atom. The SMILES string of the molecule is CCCC1CCC(C2CCC(CCc3ncc(C)cn3)CC2)CC1. The molecule has 0 radical (unpaired) electrons. The molecule has 2 aliphatic carbocycles. The summed E-state index contributed by atoms with van der Waals surface area (Å²) in [5.74, 6) is 5.11. The molecule has 2 saturated carbocycles. The fourth-order valence-corrected chi connectivity index (χ4v) is 5.19. The maximum absolute atomic E-state index is 4.46. The average Bonchev–Trinajstić information content (AvgIpc) is 2.63. The summed E-state index contributed by atoms with van der Waals surface area (Å²) in [6, 6.07) is 0. The van der Waals surface area contributed by atoms with E-state index < -0.39 is 0 Å². The minimum atomic E-state index is 0.919. The normalized spacial score (nSPS) is 31.1. The lowest BCUT2D eigenvalue weighted by Gasteiger charge is -2.38. The number of hydrogen-bond donors (Lipinski definition) is 0. The molecule has 0 aliphatic heterocycles. The fraction of sp³-hybridized carbons (Fsp3) is 0.818. The van der Waals surface area contributed by atoms with E-state index in [9.17, 15) is 0 Å². The third kappa shape index (κ3) is 5.04. The second-order valence-corrected chi connectivity index (χ2v) is 8.57. The molecule has 1 aromatic heterocycles. The third-order valence-electron chi connectivity index (χ3n) is 6.76. The molecule has 24 heavy (non-hydrogen) atoms. The molecule has 1 heterocycles. The van der Waals surface area contributed by atoms with E-state index in [1.54, 1.807) is 0 Å². The molecule has 0 aromatic carbocycles. The van der Waals surface area contributed by atoms with Gasteiger partial charge in [0.05, 0.1) is 0 Å². The number of nitrogens with zero attached hydrogens (tertiary/aromatic N) is 2. The topological polar surface area (TPSA) is 25.8 Å². The molecule has 134 valence electrons. The summed E-state index contributed by atoms with van der Waals surface area (Å²) in [5.41, 5.74) is 1.16. The van der Waals surface area contributed by atoms with Gasteiger partial charge in [-0.15, -0.1) is 0 Å². The Balaban J connectivity index is 1.36. The van der Waals surface area contributed by atoms with Crippen LogP contribution in [0.3, 0.4) is 0 Å². The van der Waals surface area contributed by atoms with Crippen molar-refractivity contribution < 1.29 is 0 Å². The minimum absolute atomic E-state index is 0.919. The molecule has 0 atom stereocenters. The van der Waals surface area contributed by atoms with E-state index in [1.807, 2.05) is 12.4 Å². The zero-order chi connectivity index (χ0) is 16.8. The summed E-state index contributed by atoms with van der Waals surface area (Å²) in [6.07, 6.45) is 21.1. The van der Waals surface area contributed by atoms with Crippen LogP contribution in [0.25, 0.3) is 0 Å². The van der Waals surface area contributed by atoms with Gasteiger partial charge < -0.3 is 0 Å². The van der Waals surface area contributed by atoms with E-state index in [0.717, 1.165) is 41.5 Å². The van der Waals surface area contributed by atoms with Crippen LogP contribution in [0.4, 0.5) is 0 Å². The fourth-order valence-electron chi connectivity index (χ4n) is 5.19. The lowest BCUT2D eigenvalue weighted by atomic mass is 9.68. The summed E-state index contributed by atoms with van der Waals surface area (Å²) in [7, 11) is 0. The Hall–Kier alpha value is -0.920. The van der Waals surface area contributed by atoms with Gasteiger partial charge in [-0.1, -0.05) is 45.4 Å². The highest BCUT2D eigenvalue weighted by Gasteiger charge is 2.30. The van der Waals surface area contributed by atoms with Gasteiger partial charge in [-0.2, -0.15) is 0 Å². The van der Waals surface area contributed by atoms with Crippen LogP contribution in [0.1, 0.15) is 88.9 Å². The largest absolute Gasteiger partial charge is 0.241 e. The van der Waals surface area contributed by atoms with E-state index in [4.69, 9.17) is 0 Å². The van der Waals surface area contributed by atoms with E-state index in [0.29, 0.717) is 0 Å². The molecule has 3 rings (SSSR count). The number of hydrogen-bond acceptors (Lipinski definition) is 2. The molecular formula is C22H36N2. The number of aryl methyl sites for hydroxylation is 2. The van der Waals surface area contributed by atoms with E-state index in [1.165, 1.54) is 70.6 Å². The van der Waals surface area contributed by atoms with Crippen LogP contribution in [0.5, 0.6) is 0 Å². The van der Waals surface area contributed by atoms with Crippen LogP contribution in [0, 0.1) is 30.6 Å². The standard InChI is InChI=1S/C22H36N2/c1-3-4-18-5-10-20(11-6-18)21-12-7-19(8-13-21)9-14-22-23-15-17(2)16-24-22/h15-16,18-21H,3-14H2,1-2H3. The maximum atomic E-state index is 4.46. The van der Waals surface area contributed by atoms with Gasteiger partial charge >= 0.3 is 0 Å². The molecule has 0 saturated heterocycles. The molecule has 2 fully saturated rings. The van der Waals surface area contributed by atoms with Crippen molar-refractivity contribution in [1.82, 2.24) is 9.97 Å². The molecule has 0 spiro atoms. The van der Waals surface area contributed by atoms with Crippen molar-refractivity contribution >= 4 is 0 Å². The highest BCUT2D eigenvalue weighted by atomic mass is 14.9. The second kappa shape index (κ2) is 8.97. The lowest BCUT2D eigenvalue weighted by molar-refractivity contribution is 0.141. The van der Waals surface area contributed by atoms with Crippen LogP contribution < -0.4 is 0 Å². The van der Waals surface area contributed by atoms with E-state index >= 15 is 0 Å². The Bertz CT molecular complexity index is 465. The smallest absolute Gasteiger partial charge is 0.128 e. The molecular weight excluding hydrogens is 292 g/mol. The molecule has 2 nitrogen and oxygen atoms in total. The molecule has 0 N–H and O–H groups in total. The first-order valence-corrected chi connectivity index (χ1v) is 10.5. The predicted octanol–water partition coefficient (Wildman–Crippen LogP) is 6.13. The monoisotopic (exact) mass is 328 g/mol. The van der Waals surface area contributed by atoms with Gasteiger partial charge in [-0.25, -0.2) is 9.97 Å². The molecule has 0 unspecified atom stereocenters. The van der Waals surface area contributed by atoms with Crippen molar-refractivity contribution in [3.63, 3.8) is 0 Å². The van der Waals surface area contributed by atoms with E-state index in [-0.39, 0.29) is 0 Å². The molecule has 0 amide bonds. The number of rotatable bonds is 6. The zero-order valence-electron chi connectivity index (χ0n) is 15.8. The van der Waals surface area contributed by atoms with Gasteiger partial charge in [0.25, 0.3) is 0 Å². The van der Waals surface area contributed by atoms with Gasteiger partial charge in [0, 0.05) is 18.8 Å². The first-order valence-electron chi connectivity index (χ1n) is 10.5. The molecule has 2 heteroatoms. The van der Waals surface area contributed by atoms with Gasteiger partial charge in [-0.3, -0.25) is 0 Å². The minimum Gasteiger partial charge on any atom is -0.241 e. The number of aromatic nitrogens is 2. The zero-order valence-corrected chi connectivity index (χ0v) is 15.8. The Morgan fingerprint density at radius 1 is 0.792 bits per heavy atom. The summed E-state index contributed by atoms with van der Waals surface area (Å²) >= 11 is 0. The summed E-state index contributed by atoms with van der Waals surface area (Å²) in [4.78, 5) is 8.92. The van der Waals surface area contributed by atoms with Gasteiger partial charge in [0.1, 0.15) is 5.82 Å². The first-order chi connectivity index (χ1) is 11.7. The van der Waals surface area contributed by atoms with Crippen LogP contribution in [-0.2, 0) is 6.42 Å². The van der Waals surface area contributed by atoms with Gasteiger partial charge in [0.15, 0.2) is 0 Å². The molecule has 2 aliphatic rings. The maximum Gasteiger partial charge on any atom is 0.128 e. The van der Waals surface area contributed by atoms with Gasteiger partial charge in [-0.05, 0) is 68.3 Å². The molecule has 0 bridgehead atoms.